The highest BCUT2D eigenvalue weighted by Gasteiger charge is 2.10. The molecule has 0 N–H and O–H groups in total. The molecule has 2 aromatic rings. The lowest BCUT2D eigenvalue weighted by atomic mass is 10.1. The number of hydrogen-bond acceptors (Lipinski definition) is 3. The van der Waals surface area contributed by atoms with E-state index in [1.807, 2.05) is 13.8 Å². The van der Waals surface area contributed by atoms with Gasteiger partial charge in [0.1, 0.15) is 11.6 Å². The lowest BCUT2D eigenvalue weighted by Gasteiger charge is -2.11. The minimum absolute atomic E-state index is 0.137. The minimum Gasteiger partial charge on any atom is -0.291 e. The molecule has 21 heavy (non-hydrogen) atoms. The van der Waals surface area contributed by atoms with Gasteiger partial charge in [0.25, 0.3) is 5.56 Å². The molecule has 3 nitrogen and oxygen atoms in total. The van der Waals surface area contributed by atoms with Crippen LogP contribution in [-0.4, -0.2) is 9.55 Å². The Hall–Kier alpha value is -1.69. The molecule has 0 atom stereocenters. The number of aromatic nitrogens is 2. The lowest BCUT2D eigenvalue weighted by Crippen LogP contribution is -2.20. The van der Waals surface area contributed by atoms with Gasteiger partial charge in [0, 0.05) is 24.9 Å². The SMILES string of the molecule is CC(C)c1cc(=O)n(C)c(SCc2cc(F)cc(F)c2)n1. The Labute approximate surface area is 126 Å². The van der Waals surface area contributed by atoms with E-state index in [0.29, 0.717) is 22.2 Å². The highest BCUT2D eigenvalue weighted by Crippen LogP contribution is 2.22. The molecule has 0 unspecified atom stereocenters. The smallest absolute Gasteiger partial charge is 0.254 e. The summed E-state index contributed by atoms with van der Waals surface area (Å²) < 4.78 is 27.7. The molecule has 0 aliphatic heterocycles. The van der Waals surface area contributed by atoms with Gasteiger partial charge < -0.3 is 0 Å². The summed E-state index contributed by atoms with van der Waals surface area (Å²) >= 11 is 1.28. The Morgan fingerprint density at radius 1 is 1.19 bits per heavy atom. The molecule has 0 aliphatic rings. The van der Waals surface area contributed by atoms with Gasteiger partial charge in [0.2, 0.25) is 0 Å². The van der Waals surface area contributed by atoms with Gasteiger partial charge in [-0.25, -0.2) is 13.8 Å². The van der Waals surface area contributed by atoms with Gasteiger partial charge in [-0.05, 0) is 23.6 Å². The molecule has 0 aliphatic carbocycles. The van der Waals surface area contributed by atoms with Crippen molar-refractivity contribution >= 4 is 11.8 Å². The summed E-state index contributed by atoms with van der Waals surface area (Å²) in [5.74, 6) is -0.729. The molecule has 0 saturated heterocycles. The summed E-state index contributed by atoms with van der Waals surface area (Å²) in [6.45, 7) is 3.91. The van der Waals surface area contributed by atoms with Crippen molar-refractivity contribution in [3.05, 3.63) is 57.5 Å². The highest BCUT2D eigenvalue weighted by atomic mass is 32.2. The Balaban J connectivity index is 2.25. The Morgan fingerprint density at radius 2 is 1.81 bits per heavy atom. The maximum absolute atomic E-state index is 13.1. The molecule has 0 saturated carbocycles. The summed E-state index contributed by atoms with van der Waals surface area (Å²) in [7, 11) is 1.63. The Kier molecular flexibility index (Phi) is 4.77. The van der Waals surface area contributed by atoms with Crippen LogP contribution in [0.15, 0.2) is 34.2 Å². The summed E-state index contributed by atoms with van der Waals surface area (Å²) in [6.07, 6.45) is 0. The minimum atomic E-state index is -0.608. The van der Waals surface area contributed by atoms with Crippen LogP contribution in [0.5, 0.6) is 0 Å². The molecule has 1 aromatic carbocycles. The summed E-state index contributed by atoms with van der Waals surface area (Å²) in [4.78, 5) is 16.3. The van der Waals surface area contributed by atoms with Gasteiger partial charge in [0.05, 0.1) is 5.69 Å². The third-order valence-electron chi connectivity index (χ3n) is 3.00. The number of halogens is 2. The first-order valence-electron chi connectivity index (χ1n) is 6.52. The van der Waals surface area contributed by atoms with E-state index in [4.69, 9.17) is 0 Å². The molecule has 0 fully saturated rings. The lowest BCUT2D eigenvalue weighted by molar-refractivity contribution is 0.581. The van der Waals surface area contributed by atoms with Crippen LogP contribution in [0.2, 0.25) is 0 Å². The fraction of sp³-hybridized carbons (Fsp3) is 0.333. The molecule has 0 spiro atoms. The predicted octanol–water partition coefficient (Wildman–Crippen LogP) is 3.47. The topological polar surface area (TPSA) is 34.9 Å². The van der Waals surface area contributed by atoms with Crippen LogP contribution < -0.4 is 5.56 Å². The van der Waals surface area contributed by atoms with Crippen LogP contribution in [0.4, 0.5) is 8.78 Å². The van der Waals surface area contributed by atoms with Crippen LogP contribution in [0, 0.1) is 11.6 Å². The number of thioether (sulfide) groups is 1. The van der Waals surface area contributed by atoms with Gasteiger partial charge in [0.15, 0.2) is 5.16 Å². The van der Waals surface area contributed by atoms with Crippen molar-refractivity contribution in [2.24, 2.45) is 7.05 Å². The van der Waals surface area contributed by atoms with Crippen molar-refractivity contribution in [3.63, 3.8) is 0 Å². The average molecular weight is 310 g/mol. The molecule has 2 rings (SSSR count). The fourth-order valence-corrected chi connectivity index (χ4v) is 2.72. The van der Waals surface area contributed by atoms with Crippen LogP contribution in [0.1, 0.15) is 31.0 Å². The van der Waals surface area contributed by atoms with Crippen LogP contribution in [0.3, 0.4) is 0 Å². The molecule has 0 amide bonds. The monoisotopic (exact) mass is 310 g/mol. The third kappa shape index (κ3) is 3.91. The first-order chi connectivity index (χ1) is 9.86. The van der Waals surface area contributed by atoms with Gasteiger partial charge in [-0.15, -0.1) is 0 Å². The fourth-order valence-electron chi connectivity index (χ4n) is 1.80. The Morgan fingerprint density at radius 3 is 2.38 bits per heavy atom. The standard InChI is InChI=1S/C15H16F2N2OS/c1-9(2)13-7-14(20)19(3)15(18-13)21-8-10-4-11(16)6-12(17)5-10/h4-7,9H,8H2,1-3H3. The molecule has 1 heterocycles. The maximum atomic E-state index is 13.1. The summed E-state index contributed by atoms with van der Waals surface area (Å²) in [5, 5.41) is 0.538. The van der Waals surface area contributed by atoms with Crippen molar-refractivity contribution in [1.29, 1.82) is 0 Å². The van der Waals surface area contributed by atoms with Gasteiger partial charge in [-0.2, -0.15) is 0 Å². The summed E-state index contributed by atoms with van der Waals surface area (Å²) in [5.41, 5.74) is 1.09. The van der Waals surface area contributed by atoms with Gasteiger partial charge in [-0.1, -0.05) is 25.6 Å². The molecule has 1 aromatic heterocycles. The molecule has 0 bridgehead atoms. The second-order valence-electron chi connectivity index (χ2n) is 5.08. The van der Waals surface area contributed by atoms with E-state index >= 15 is 0 Å². The van der Waals surface area contributed by atoms with Crippen LogP contribution in [-0.2, 0) is 12.8 Å². The van der Waals surface area contributed by atoms with E-state index in [1.54, 1.807) is 7.05 Å². The molecule has 112 valence electrons. The maximum Gasteiger partial charge on any atom is 0.254 e. The Bertz CT molecular complexity index is 693. The number of nitrogens with zero attached hydrogens (tertiary/aromatic N) is 2. The summed E-state index contributed by atoms with van der Waals surface area (Å²) in [6, 6.07) is 4.90. The zero-order chi connectivity index (χ0) is 15.6. The van der Waals surface area contributed by atoms with Crippen molar-refractivity contribution in [3.8, 4) is 0 Å². The number of hydrogen-bond donors (Lipinski definition) is 0. The largest absolute Gasteiger partial charge is 0.291 e. The molecule has 6 heteroatoms. The molecule has 0 radical (unpaired) electrons. The van der Waals surface area contributed by atoms with Crippen molar-refractivity contribution in [2.75, 3.05) is 0 Å². The van der Waals surface area contributed by atoms with E-state index in [-0.39, 0.29) is 11.5 Å². The van der Waals surface area contributed by atoms with E-state index < -0.39 is 11.6 Å². The van der Waals surface area contributed by atoms with E-state index in [2.05, 4.69) is 4.98 Å². The van der Waals surface area contributed by atoms with Crippen molar-refractivity contribution < 1.29 is 8.78 Å². The third-order valence-corrected chi connectivity index (χ3v) is 4.10. The van der Waals surface area contributed by atoms with Gasteiger partial charge >= 0.3 is 0 Å². The average Bonchev–Trinajstić information content (AvgIpc) is 2.39. The first kappa shape index (κ1) is 15.7. The van der Waals surface area contributed by atoms with Crippen molar-refractivity contribution in [1.82, 2.24) is 9.55 Å². The molecular formula is C15H16F2N2OS. The van der Waals surface area contributed by atoms with E-state index in [0.717, 1.165) is 6.07 Å². The second-order valence-corrected chi connectivity index (χ2v) is 6.02. The normalized spacial score (nSPS) is 11.1. The zero-order valence-corrected chi connectivity index (χ0v) is 12.9. The van der Waals surface area contributed by atoms with Gasteiger partial charge in [-0.3, -0.25) is 9.36 Å². The second kappa shape index (κ2) is 6.39. The highest BCUT2D eigenvalue weighted by molar-refractivity contribution is 7.98. The van der Waals surface area contributed by atoms with Crippen LogP contribution >= 0.6 is 11.8 Å². The number of rotatable bonds is 4. The molecular weight excluding hydrogens is 294 g/mol. The number of benzene rings is 1. The predicted molar refractivity (Wildman–Crippen MR) is 79.5 cm³/mol. The first-order valence-corrected chi connectivity index (χ1v) is 7.51. The van der Waals surface area contributed by atoms with E-state index in [1.165, 1.54) is 34.5 Å². The van der Waals surface area contributed by atoms with Crippen LogP contribution in [0.25, 0.3) is 0 Å². The zero-order valence-electron chi connectivity index (χ0n) is 12.1. The quantitative estimate of drug-likeness (QED) is 0.640. The van der Waals surface area contributed by atoms with Crippen molar-refractivity contribution in [2.45, 2.75) is 30.7 Å². The van der Waals surface area contributed by atoms with E-state index in [9.17, 15) is 13.6 Å².